The molecular weight excluding hydrogens is 132 g/mol. The largest absolute Gasteiger partial charge is 0.317 e. The van der Waals surface area contributed by atoms with E-state index >= 15 is 0 Å². The van der Waals surface area contributed by atoms with E-state index in [1.807, 2.05) is 0 Å². The van der Waals surface area contributed by atoms with Gasteiger partial charge < -0.3 is 5.73 Å². The summed E-state index contributed by atoms with van der Waals surface area (Å²) < 4.78 is 0. The van der Waals surface area contributed by atoms with Gasteiger partial charge in [0.15, 0.2) is 0 Å². The molecular formula is C6H8N2O2. The summed E-state index contributed by atoms with van der Waals surface area (Å²) in [5.74, 6) is -0.667. The lowest BCUT2D eigenvalue weighted by atomic mass is 10.2. The molecule has 0 saturated heterocycles. The van der Waals surface area contributed by atoms with Gasteiger partial charge in [-0.3, -0.25) is 14.5 Å². The molecule has 2 N–H and O–H groups in total. The van der Waals surface area contributed by atoms with Crippen LogP contribution in [0, 0.1) is 0 Å². The van der Waals surface area contributed by atoms with E-state index in [4.69, 9.17) is 5.73 Å². The fraction of sp³-hybridized carbons (Fsp3) is 0.333. The molecule has 1 atom stereocenters. The van der Waals surface area contributed by atoms with Crippen molar-refractivity contribution in [1.82, 2.24) is 4.90 Å². The Bertz CT molecular complexity index is 210. The predicted octanol–water partition coefficient (Wildman–Crippen LogP) is -1.13. The maximum atomic E-state index is 10.9. The third-order valence-electron chi connectivity index (χ3n) is 1.39. The maximum Gasteiger partial charge on any atom is 0.252 e. The fourth-order valence-corrected chi connectivity index (χ4v) is 0.712. The van der Waals surface area contributed by atoms with Crippen LogP contribution in [-0.4, -0.2) is 29.8 Å². The van der Waals surface area contributed by atoms with Gasteiger partial charge in [0.2, 0.25) is 5.91 Å². The molecule has 2 amide bonds. The molecule has 0 aromatic heterocycles. The Balaban J connectivity index is 2.89. The minimum atomic E-state index is -0.650. The number of imide groups is 1. The van der Waals surface area contributed by atoms with Crippen molar-refractivity contribution >= 4 is 11.8 Å². The van der Waals surface area contributed by atoms with Crippen LogP contribution in [0.4, 0.5) is 0 Å². The van der Waals surface area contributed by atoms with Crippen molar-refractivity contribution in [2.45, 2.75) is 6.04 Å². The summed E-state index contributed by atoms with van der Waals surface area (Å²) in [4.78, 5) is 22.6. The molecule has 0 aromatic rings. The zero-order valence-corrected chi connectivity index (χ0v) is 5.57. The smallest absolute Gasteiger partial charge is 0.252 e. The van der Waals surface area contributed by atoms with Crippen LogP contribution in [0.25, 0.3) is 0 Å². The second-order valence-electron chi connectivity index (χ2n) is 2.12. The summed E-state index contributed by atoms with van der Waals surface area (Å²) >= 11 is 0. The third kappa shape index (κ3) is 0.930. The molecule has 1 rings (SSSR count). The summed E-state index contributed by atoms with van der Waals surface area (Å²) in [6.07, 6.45) is 2.69. The first-order valence-electron chi connectivity index (χ1n) is 2.88. The normalized spacial score (nSPS) is 25.8. The van der Waals surface area contributed by atoms with Crippen molar-refractivity contribution < 1.29 is 9.59 Å². The van der Waals surface area contributed by atoms with Crippen LogP contribution in [-0.2, 0) is 9.59 Å². The van der Waals surface area contributed by atoms with Crippen molar-refractivity contribution in [3.63, 3.8) is 0 Å². The van der Waals surface area contributed by atoms with Gasteiger partial charge in [-0.1, -0.05) is 6.08 Å². The van der Waals surface area contributed by atoms with Crippen LogP contribution in [0.3, 0.4) is 0 Å². The summed E-state index contributed by atoms with van der Waals surface area (Å²) in [5.41, 5.74) is 5.30. The lowest BCUT2D eigenvalue weighted by molar-refractivity contribution is -0.141. The average Bonchev–Trinajstić information content (AvgIpc) is 1.93. The highest BCUT2D eigenvalue weighted by atomic mass is 16.2. The molecule has 4 heteroatoms. The number of hydrogen-bond acceptors (Lipinski definition) is 3. The molecule has 1 aliphatic rings. The van der Waals surface area contributed by atoms with Crippen LogP contribution in [0.5, 0.6) is 0 Å². The van der Waals surface area contributed by atoms with E-state index in [-0.39, 0.29) is 11.8 Å². The van der Waals surface area contributed by atoms with Crippen molar-refractivity contribution in [3.05, 3.63) is 12.2 Å². The van der Waals surface area contributed by atoms with Gasteiger partial charge in [0.05, 0.1) is 0 Å². The minimum absolute atomic E-state index is 0.313. The maximum absolute atomic E-state index is 10.9. The van der Waals surface area contributed by atoms with Gasteiger partial charge in [-0.2, -0.15) is 0 Å². The molecule has 54 valence electrons. The van der Waals surface area contributed by atoms with Crippen LogP contribution in [0.1, 0.15) is 0 Å². The Hall–Kier alpha value is -1.16. The zero-order chi connectivity index (χ0) is 7.72. The highest BCUT2D eigenvalue weighted by molar-refractivity contribution is 6.06. The molecule has 0 saturated carbocycles. The van der Waals surface area contributed by atoms with Gasteiger partial charge in [0.1, 0.15) is 6.04 Å². The summed E-state index contributed by atoms with van der Waals surface area (Å²) in [7, 11) is 1.41. The molecule has 0 spiro atoms. The van der Waals surface area contributed by atoms with E-state index in [1.165, 1.54) is 19.2 Å². The van der Waals surface area contributed by atoms with Crippen molar-refractivity contribution in [3.8, 4) is 0 Å². The molecule has 0 aromatic carbocycles. The molecule has 0 fully saturated rings. The first-order chi connectivity index (χ1) is 4.63. The number of amides is 2. The van der Waals surface area contributed by atoms with Crippen LogP contribution in [0.15, 0.2) is 12.2 Å². The highest BCUT2D eigenvalue weighted by Crippen LogP contribution is 2.00. The van der Waals surface area contributed by atoms with Crippen LogP contribution < -0.4 is 5.73 Å². The Morgan fingerprint density at radius 1 is 1.60 bits per heavy atom. The van der Waals surface area contributed by atoms with Crippen molar-refractivity contribution in [2.75, 3.05) is 7.05 Å². The number of hydrogen-bond donors (Lipinski definition) is 1. The predicted molar refractivity (Wildman–Crippen MR) is 34.9 cm³/mol. The molecule has 4 nitrogen and oxygen atoms in total. The van der Waals surface area contributed by atoms with Gasteiger partial charge in [-0.05, 0) is 0 Å². The molecule has 1 heterocycles. The fourth-order valence-electron chi connectivity index (χ4n) is 0.712. The molecule has 0 bridgehead atoms. The number of carbonyl (C=O) groups excluding carboxylic acids is 2. The number of nitrogens with two attached hydrogens (primary N) is 1. The SMILES string of the molecule is CN1C(=O)C=C[C@@H](N)C1=O. The molecule has 10 heavy (non-hydrogen) atoms. The lowest BCUT2D eigenvalue weighted by Crippen LogP contribution is -2.46. The Morgan fingerprint density at radius 2 is 2.20 bits per heavy atom. The molecule has 0 radical (unpaired) electrons. The van der Waals surface area contributed by atoms with E-state index < -0.39 is 6.04 Å². The Morgan fingerprint density at radius 3 is 2.70 bits per heavy atom. The van der Waals surface area contributed by atoms with Crippen molar-refractivity contribution in [2.24, 2.45) is 5.73 Å². The van der Waals surface area contributed by atoms with E-state index in [2.05, 4.69) is 0 Å². The number of rotatable bonds is 0. The molecule has 1 aliphatic heterocycles. The minimum Gasteiger partial charge on any atom is -0.317 e. The van der Waals surface area contributed by atoms with Gasteiger partial charge in [0.25, 0.3) is 5.91 Å². The summed E-state index contributed by atoms with van der Waals surface area (Å²) in [6.45, 7) is 0. The van der Waals surface area contributed by atoms with Gasteiger partial charge in [-0.25, -0.2) is 0 Å². The molecule has 0 aliphatic carbocycles. The number of carbonyl (C=O) groups is 2. The summed E-state index contributed by atoms with van der Waals surface area (Å²) in [5, 5.41) is 0. The Kier molecular flexibility index (Phi) is 1.55. The highest BCUT2D eigenvalue weighted by Gasteiger charge is 2.23. The van der Waals surface area contributed by atoms with Gasteiger partial charge in [-0.15, -0.1) is 0 Å². The average molecular weight is 140 g/mol. The first-order valence-corrected chi connectivity index (χ1v) is 2.88. The standard InChI is InChI=1S/C6H8N2O2/c1-8-5(9)3-2-4(7)6(8)10/h2-4H,7H2,1H3/t4-/m1/s1. The number of nitrogens with zero attached hydrogens (tertiary/aromatic N) is 1. The lowest BCUT2D eigenvalue weighted by Gasteiger charge is -2.19. The third-order valence-corrected chi connectivity index (χ3v) is 1.39. The molecule has 0 unspecified atom stereocenters. The quantitative estimate of drug-likeness (QED) is 0.433. The van der Waals surface area contributed by atoms with E-state index in [0.717, 1.165) is 4.90 Å². The second-order valence-corrected chi connectivity index (χ2v) is 2.12. The van der Waals surface area contributed by atoms with E-state index in [0.29, 0.717) is 0 Å². The van der Waals surface area contributed by atoms with E-state index in [1.54, 1.807) is 0 Å². The van der Waals surface area contributed by atoms with Crippen LogP contribution >= 0.6 is 0 Å². The van der Waals surface area contributed by atoms with Crippen molar-refractivity contribution in [1.29, 1.82) is 0 Å². The zero-order valence-electron chi connectivity index (χ0n) is 5.57. The topological polar surface area (TPSA) is 63.4 Å². The number of likely N-dealkylation sites (N-methyl/N-ethyl adjacent to an activating group) is 1. The Labute approximate surface area is 58.3 Å². The monoisotopic (exact) mass is 140 g/mol. The van der Waals surface area contributed by atoms with Gasteiger partial charge in [0, 0.05) is 13.1 Å². The van der Waals surface area contributed by atoms with Crippen LogP contribution in [0.2, 0.25) is 0 Å². The summed E-state index contributed by atoms with van der Waals surface area (Å²) in [6, 6.07) is -0.650. The van der Waals surface area contributed by atoms with Gasteiger partial charge >= 0.3 is 0 Å². The van der Waals surface area contributed by atoms with E-state index in [9.17, 15) is 9.59 Å². The first kappa shape index (κ1) is 6.95. The second kappa shape index (κ2) is 2.22.